The Kier molecular flexibility index (Phi) is 3.99. The first-order valence-corrected chi connectivity index (χ1v) is 6.92. The monoisotopic (exact) mass is 311 g/mol. The Morgan fingerprint density at radius 1 is 1.43 bits per heavy atom. The molecule has 21 heavy (non-hydrogen) atoms. The smallest absolute Gasteiger partial charge is 0.408 e. The minimum absolute atomic E-state index is 0.111. The highest BCUT2D eigenvalue weighted by molar-refractivity contribution is 7.80. The molecular weight excluding hydrogens is 294 g/mol. The minimum atomic E-state index is -0.671. The van der Waals surface area contributed by atoms with Crippen LogP contribution in [0.4, 0.5) is 4.79 Å². The first-order valence-electron chi connectivity index (χ1n) is 6.51. The Balaban J connectivity index is 1.89. The molecule has 0 bridgehead atoms. The van der Waals surface area contributed by atoms with Crippen molar-refractivity contribution in [3.05, 3.63) is 12.3 Å². The van der Waals surface area contributed by atoms with Gasteiger partial charge >= 0.3 is 6.09 Å². The Morgan fingerprint density at radius 2 is 2.10 bits per heavy atom. The Bertz CT molecular complexity index is 538. The van der Waals surface area contributed by atoms with Crippen molar-refractivity contribution in [3.8, 4) is 0 Å². The molecule has 8 heteroatoms. The molecule has 2 heterocycles. The Morgan fingerprint density at radius 3 is 2.62 bits per heavy atom. The van der Waals surface area contributed by atoms with Crippen molar-refractivity contribution >= 4 is 35.0 Å². The molecule has 0 saturated carbocycles. The van der Waals surface area contributed by atoms with E-state index in [0.717, 1.165) is 0 Å². The summed E-state index contributed by atoms with van der Waals surface area (Å²) in [6.45, 7) is 5.44. The third kappa shape index (κ3) is 3.57. The largest absolute Gasteiger partial charge is 0.444 e. The number of carbonyl (C=O) groups excluding carboxylic acids is 3. The number of allylic oxidation sites excluding steroid dienone is 1. The first kappa shape index (κ1) is 15.4. The minimum Gasteiger partial charge on any atom is -0.444 e. The number of ether oxygens (including phenoxy) is 1. The molecule has 1 saturated heterocycles. The highest BCUT2D eigenvalue weighted by Gasteiger charge is 2.43. The number of nitrogens with one attached hydrogen (secondary N) is 1. The average molecular weight is 311 g/mol. The van der Waals surface area contributed by atoms with E-state index in [-0.39, 0.29) is 24.8 Å². The van der Waals surface area contributed by atoms with Gasteiger partial charge in [-0.15, -0.1) is 0 Å². The summed E-state index contributed by atoms with van der Waals surface area (Å²) < 4.78 is 5.08. The molecular formula is C13H17N3O4S. The lowest BCUT2D eigenvalue weighted by Gasteiger charge is -2.44. The highest BCUT2D eigenvalue weighted by Crippen LogP contribution is 2.19. The summed E-state index contributed by atoms with van der Waals surface area (Å²) in [6.07, 6.45) is 2.54. The number of amides is 3. The fourth-order valence-corrected chi connectivity index (χ4v) is 2.09. The average Bonchev–Trinajstić information content (AvgIpc) is 2.33. The van der Waals surface area contributed by atoms with Crippen molar-refractivity contribution in [2.75, 3.05) is 6.54 Å². The number of β-lactam (4-membered cyclic amide) rings is 1. The Hall–Kier alpha value is -1.96. The van der Waals surface area contributed by atoms with Gasteiger partial charge in [-0.1, -0.05) is 12.2 Å². The van der Waals surface area contributed by atoms with E-state index in [9.17, 15) is 14.4 Å². The van der Waals surface area contributed by atoms with Crippen LogP contribution in [0.25, 0.3) is 0 Å². The van der Waals surface area contributed by atoms with Gasteiger partial charge in [0.25, 0.3) is 11.8 Å². The zero-order chi connectivity index (χ0) is 15.8. The van der Waals surface area contributed by atoms with Gasteiger partial charge < -0.3 is 10.1 Å². The van der Waals surface area contributed by atoms with E-state index in [1.54, 1.807) is 26.8 Å². The molecule has 0 aromatic carbocycles. The molecule has 1 N–H and O–H groups in total. The fraction of sp³-hybridized carbons (Fsp3) is 0.538. The maximum Gasteiger partial charge on any atom is 0.408 e. The van der Waals surface area contributed by atoms with Crippen molar-refractivity contribution < 1.29 is 19.1 Å². The second-order valence-corrected chi connectivity index (χ2v) is 6.34. The summed E-state index contributed by atoms with van der Waals surface area (Å²) in [5, 5.41) is 4.97. The van der Waals surface area contributed by atoms with Crippen LogP contribution in [0.15, 0.2) is 12.3 Å². The van der Waals surface area contributed by atoms with Crippen molar-refractivity contribution in [2.24, 2.45) is 0 Å². The molecule has 2 aliphatic heterocycles. The summed E-state index contributed by atoms with van der Waals surface area (Å²) in [5.74, 6) is -0.613. The molecule has 0 aliphatic carbocycles. The summed E-state index contributed by atoms with van der Waals surface area (Å²) in [5.41, 5.74) is -0.627. The molecule has 0 spiro atoms. The van der Waals surface area contributed by atoms with Crippen LogP contribution in [0.5, 0.6) is 0 Å². The van der Waals surface area contributed by atoms with E-state index in [1.807, 2.05) is 0 Å². The van der Waals surface area contributed by atoms with Crippen LogP contribution in [-0.4, -0.2) is 51.0 Å². The SMILES string of the molecule is CC(C)(C)OC(=O)N[C@H]1CN(N2C=CC(=S)CC2=O)C1=O. The second-order valence-electron chi connectivity index (χ2n) is 5.82. The van der Waals surface area contributed by atoms with Gasteiger partial charge in [-0.05, 0) is 26.8 Å². The number of rotatable bonds is 2. The number of hydrogen-bond acceptors (Lipinski definition) is 5. The lowest BCUT2D eigenvalue weighted by Crippen LogP contribution is -2.69. The fourth-order valence-electron chi connectivity index (χ4n) is 1.90. The zero-order valence-electron chi connectivity index (χ0n) is 12.1. The van der Waals surface area contributed by atoms with E-state index in [4.69, 9.17) is 17.0 Å². The van der Waals surface area contributed by atoms with Crippen molar-refractivity contribution in [2.45, 2.75) is 38.8 Å². The predicted molar refractivity (Wildman–Crippen MR) is 78.1 cm³/mol. The van der Waals surface area contributed by atoms with Gasteiger partial charge in [-0.25, -0.2) is 14.8 Å². The normalized spacial score (nSPS) is 22.2. The molecule has 1 atom stereocenters. The van der Waals surface area contributed by atoms with Gasteiger partial charge in [0.1, 0.15) is 11.6 Å². The van der Waals surface area contributed by atoms with Crippen LogP contribution in [0.3, 0.4) is 0 Å². The van der Waals surface area contributed by atoms with Crippen molar-refractivity contribution in [3.63, 3.8) is 0 Å². The Labute approximate surface area is 127 Å². The van der Waals surface area contributed by atoms with Crippen LogP contribution >= 0.6 is 12.2 Å². The van der Waals surface area contributed by atoms with E-state index in [2.05, 4.69) is 5.32 Å². The number of thiocarbonyl (C=S) groups is 1. The van der Waals surface area contributed by atoms with Gasteiger partial charge in [0.15, 0.2) is 0 Å². The summed E-state index contributed by atoms with van der Waals surface area (Å²) in [4.78, 5) is 35.9. The van der Waals surface area contributed by atoms with Gasteiger partial charge in [0.05, 0.1) is 13.0 Å². The number of hydrazine groups is 1. The lowest BCUT2D eigenvalue weighted by molar-refractivity contribution is -0.171. The summed E-state index contributed by atoms with van der Waals surface area (Å²) in [6, 6.07) is -0.671. The number of alkyl carbamates (subject to hydrolysis) is 1. The van der Waals surface area contributed by atoms with Crippen molar-refractivity contribution in [1.82, 2.24) is 15.3 Å². The number of nitrogens with zero attached hydrogens (tertiary/aromatic N) is 2. The third-order valence-electron chi connectivity index (χ3n) is 2.84. The highest BCUT2D eigenvalue weighted by atomic mass is 32.1. The molecule has 0 aromatic rings. The molecule has 2 rings (SSSR count). The van der Waals surface area contributed by atoms with Crippen LogP contribution in [-0.2, 0) is 14.3 Å². The molecule has 0 aromatic heterocycles. The molecule has 7 nitrogen and oxygen atoms in total. The van der Waals surface area contributed by atoms with Crippen LogP contribution in [0.1, 0.15) is 27.2 Å². The molecule has 3 amide bonds. The van der Waals surface area contributed by atoms with Gasteiger partial charge in [-0.2, -0.15) is 0 Å². The summed E-state index contributed by atoms with van der Waals surface area (Å²) in [7, 11) is 0. The second kappa shape index (κ2) is 5.44. The standard InChI is InChI=1S/C13H17N3O4S/c1-13(2,3)20-12(19)14-9-7-16(11(9)18)15-5-4-8(21)6-10(15)17/h4-5,9H,6-7H2,1-3H3,(H,14,19)/t9-/m0/s1. The van der Waals surface area contributed by atoms with Gasteiger partial charge in [0.2, 0.25) is 0 Å². The molecule has 114 valence electrons. The van der Waals surface area contributed by atoms with Crippen molar-refractivity contribution in [1.29, 1.82) is 0 Å². The van der Waals surface area contributed by atoms with Crippen LogP contribution in [0.2, 0.25) is 0 Å². The van der Waals surface area contributed by atoms with E-state index >= 15 is 0 Å². The van der Waals surface area contributed by atoms with Crippen LogP contribution < -0.4 is 5.32 Å². The zero-order valence-corrected chi connectivity index (χ0v) is 12.9. The quantitative estimate of drug-likeness (QED) is 0.601. The van der Waals surface area contributed by atoms with Gasteiger partial charge in [0, 0.05) is 11.1 Å². The van der Waals surface area contributed by atoms with E-state index in [1.165, 1.54) is 16.2 Å². The number of carbonyl (C=O) groups is 3. The maximum atomic E-state index is 12.0. The molecule has 1 fully saturated rings. The van der Waals surface area contributed by atoms with E-state index < -0.39 is 17.7 Å². The number of hydrogen-bond donors (Lipinski definition) is 1. The maximum absolute atomic E-state index is 12.0. The van der Waals surface area contributed by atoms with E-state index in [0.29, 0.717) is 4.86 Å². The lowest BCUT2D eigenvalue weighted by atomic mass is 10.1. The summed E-state index contributed by atoms with van der Waals surface area (Å²) >= 11 is 4.93. The van der Waals surface area contributed by atoms with Crippen LogP contribution in [0, 0.1) is 0 Å². The van der Waals surface area contributed by atoms with Gasteiger partial charge in [-0.3, -0.25) is 9.59 Å². The predicted octanol–water partition coefficient (Wildman–Crippen LogP) is 0.753. The molecule has 0 unspecified atom stereocenters. The third-order valence-corrected chi connectivity index (χ3v) is 3.12. The molecule has 0 radical (unpaired) electrons. The molecule has 2 aliphatic rings. The first-order chi connectivity index (χ1) is 9.67. The topological polar surface area (TPSA) is 79.0 Å².